The highest BCUT2D eigenvalue weighted by molar-refractivity contribution is 5.78. The molecular formula is C23H32N2O4. The summed E-state index contributed by atoms with van der Waals surface area (Å²) in [5.74, 6) is 1.25. The van der Waals surface area contributed by atoms with Crippen LogP contribution in [0.15, 0.2) is 24.3 Å². The zero-order chi connectivity index (χ0) is 20.4. The molecule has 1 aromatic carbocycles. The SMILES string of the molecule is O=C(CCc1ccc(O)cc1)N1CC2CN(C(=O)CC3CCCC3)CC2(CO)C1. The van der Waals surface area contributed by atoms with Gasteiger partial charge in [-0.05, 0) is 42.9 Å². The smallest absolute Gasteiger partial charge is 0.222 e. The molecular weight excluding hydrogens is 368 g/mol. The van der Waals surface area contributed by atoms with Gasteiger partial charge in [0.1, 0.15) is 5.75 Å². The Labute approximate surface area is 172 Å². The van der Waals surface area contributed by atoms with Crippen LogP contribution in [-0.4, -0.2) is 64.6 Å². The number of hydrogen-bond acceptors (Lipinski definition) is 4. The minimum absolute atomic E-state index is 0.0205. The maximum atomic E-state index is 12.7. The molecule has 0 radical (unpaired) electrons. The minimum Gasteiger partial charge on any atom is -0.508 e. The molecule has 1 aliphatic carbocycles. The van der Waals surface area contributed by atoms with Crippen LogP contribution < -0.4 is 0 Å². The van der Waals surface area contributed by atoms with E-state index in [1.807, 2.05) is 21.9 Å². The molecule has 2 heterocycles. The van der Waals surface area contributed by atoms with E-state index < -0.39 is 0 Å². The van der Waals surface area contributed by atoms with Crippen molar-refractivity contribution in [2.75, 3.05) is 32.8 Å². The number of amides is 2. The number of likely N-dealkylation sites (tertiary alicyclic amines) is 2. The Kier molecular flexibility index (Phi) is 5.81. The van der Waals surface area contributed by atoms with Gasteiger partial charge in [-0.25, -0.2) is 0 Å². The van der Waals surface area contributed by atoms with Crippen LogP contribution in [0.3, 0.4) is 0 Å². The van der Waals surface area contributed by atoms with Gasteiger partial charge in [0.2, 0.25) is 11.8 Å². The quantitative estimate of drug-likeness (QED) is 0.767. The van der Waals surface area contributed by atoms with Gasteiger partial charge in [-0.3, -0.25) is 9.59 Å². The molecule has 0 aromatic heterocycles. The molecule has 6 heteroatoms. The molecule has 4 rings (SSSR count). The van der Waals surface area contributed by atoms with Crippen molar-refractivity contribution in [3.05, 3.63) is 29.8 Å². The average Bonchev–Trinajstić information content (AvgIpc) is 3.41. The summed E-state index contributed by atoms with van der Waals surface area (Å²) in [6.45, 7) is 2.42. The van der Waals surface area contributed by atoms with Crippen molar-refractivity contribution in [1.82, 2.24) is 9.80 Å². The molecule has 2 aliphatic heterocycles. The zero-order valence-corrected chi connectivity index (χ0v) is 17.1. The molecule has 6 nitrogen and oxygen atoms in total. The van der Waals surface area contributed by atoms with Crippen molar-refractivity contribution in [2.45, 2.75) is 44.9 Å². The Bertz CT molecular complexity index is 744. The topological polar surface area (TPSA) is 81.1 Å². The van der Waals surface area contributed by atoms with Crippen LogP contribution in [0.4, 0.5) is 0 Å². The molecule has 0 spiro atoms. The van der Waals surface area contributed by atoms with Gasteiger partial charge in [0.15, 0.2) is 0 Å². The van der Waals surface area contributed by atoms with Crippen molar-refractivity contribution in [3.63, 3.8) is 0 Å². The first-order chi connectivity index (χ1) is 14.0. The number of phenols is 1. The fourth-order valence-electron chi connectivity index (χ4n) is 5.45. The van der Waals surface area contributed by atoms with Gasteiger partial charge in [0, 0.05) is 50.4 Å². The predicted molar refractivity (Wildman–Crippen MR) is 109 cm³/mol. The molecule has 2 saturated heterocycles. The van der Waals surface area contributed by atoms with Crippen LogP contribution in [0.1, 0.15) is 44.1 Å². The summed E-state index contributed by atoms with van der Waals surface area (Å²) < 4.78 is 0. The van der Waals surface area contributed by atoms with Crippen LogP contribution >= 0.6 is 0 Å². The predicted octanol–water partition coefficient (Wildman–Crippen LogP) is 2.18. The highest BCUT2D eigenvalue weighted by Crippen LogP contribution is 2.43. The fourth-order valence-corrected chi connectivity index (χ4v) is 5.45. The van der Waals surface area contributed by atoms with E-state index in [0.29, 0.717) is 51.4 Å². The van der Waals surface area contributed by atoms with Crippen molar-refractivity contribution >= 4 is 11.8 Å². The van der Waals surface area contributed by atoms with E-state index in [1.54, 1.807) is 12.1 Å². The van der Waals surface area contributed by atoms with Crippen molar-refractivity contribution in [1.29, 1.82) is 0 Å². The van der Waals surface area contributed by atoms with E-state index >= 15 is 0 Å². The molecule has 1 saturated carbocycles. The number of fused-ring (bicyclic) bond motifs is 1. The summed E-state index contributed by atoms with van der Waals surface area (Å²) in [6.07, 6.45) is 6.50. The van der Waals surface area contributed by atoms with Crippen LogP contribution in [0.5, 0.6) is 5.75 Å². The molecule has 2 amide bonds. The van der Waals surface area contributed by atoms with E-state index in [2.05, 4.69) is 0 Å². The first-order valence-electron chi connectivity index (χ1n) is 10.9. The fraction of sp³-hybridized carbons (Fsp3) is 0.652. The van der Waals surface area contributed by atoms with E-state index in [-0.39, 0.29) is 35.5 Å². The number of aryl methyl sites for hydroxylation is 1. The number of aliphatic hydroxyl groups is 1. The molecule has 2 N–H and O–H groups in total. The third-order valence-corrected chi connectivity index (χ3v) is 7.28. The number of phenolic OH excluding ortho intramolecular Hbond substituents is 1. The average molecular weight is 401 g/mol. The zero-order valence-electron chi connectivity index (χ0n) is 17.1. The van der Waals surface area contributed by atoms with Crippen molar-refractivity contribution in [2.24, 2.45) is 17.3 Å². The van der Waals surface area contributed by atoms with Crippen molar-refractivity contribution < 1.29 is 19.8 Å². The highest BCUT2D eigenvalue weighted by atomic mass is 16.3. The lowest BCUT2D eigenvalue weighted by Crippen LogP contribution is -2.40. The van der Waals surface area contributed by atoms with Crippen LogP contribution in [0.25, 0.3) is 0 Å². The third kappa shape index (κ3) is 4.27. The third-order valence-electron chi connectivity index (χ3n) is 7.28. The summed E-state index contributed by atoms with van der Waals surface area (Å²) in [5, 5.41) is 19.5. The molecule has 0 bridgehead atoms. The second-order valence-electron chi connectivity index (χ2n) is 9.29. The second-order valence-corrected chi connectivity index (χ2v) is 9.29. The highest BCUT2D eigenvalue weighted by Gasteiger charge is 2.54. The number of rotatable bonds is 6. The number of benzene rings is 1. The maximum Gasteiger partial charge on any atom is 0.222 e. The van der Waals surface area contributed by atoms with Gasteiger partial charge in [0.05, 0.1) is 6.61 Å². The Morgan fingerprint density at radius 1 is 1.00 bits per heavy atom. The molecule has 3 aliphatic rings. The van der Waals surface area contributed by atoms with E-state index in [9.17, 15) is 19.8 Å². The van der Waals surface area contributed by atoms with E-state index in [0.717, 1.165) is 18.4 Å². The molecule has 3 fully saturated rings. The summed E-state index contributed by atoms with van der Waals surface area (Å²) in [5.41, 5.74) is 0.663. The van der Waals surface area contributed by atoms with Crippen molar-refractivity contribution in [3.8, 4) is 5.75 Å². The summed E-state index contributed by atoms with van der Waals surface area (Å²) >= 11 is 0. The largest absolute Gasteiger partial charge is 0.508 e. The molecule has 2 atom stereocenters. The Morgan fingerprint density at radius 3 is 2.21 bits per heavy atom. The molecule has 29 heavy (non-hydrogen) atoms. The van der Waals surface area contributed by atoms with Gasteiger partial charge in [0.25, 0.3) is 0 Å². The Morgan fingerprint density at radius 2 is 1.62 bits per heavy atom. The number of hydrogen-bond donors (Lipinski definition) is 2. The van der Waals surface area contributed by atoms with Crippen LogP contribution in [-0.2, 0) is 16.0 Å². The maximum absolute atomic E-state index is 12.7. The standard InChI is InChI=1S/C23H32N2O4/c26-16-23-14-24(21(28)10-7-17-5-8-20(27)9-6-17)12-19(23)13-25(15-23)22(29)11-18-3-1-2-4-18/h5-6,8-9,18-19,26-27H,1-4,7,10-16H2. The Balaban J connectivity index is 1.31. The monoisotopic (exact) mass is 400 g/mol. The van der Waals surface area contributed by atoms with Gasteiger partial charge in [-0.1, -0.05) is 25.0 Å². The number of carbonyl (C=O) groups excluding carboxylic acids is 2. The Hall–Kier alpha value is -2.08. The van der Waals surface area contributed by atoms with Crippen LogP contribution in [0.2, 0.25) is 0 Å². The summed E-state index contributed by atoms with van der Waals surface area (Å²) in [4.78, 5) is 29.3. The van der Waals surface area contributed by atoms with E-state index in [1.165, 1.54) is 12.8 Å². The van der Waals surface area contributed by atoms with Gasteiger partial charge in [-0.15, -0.1) is 0 Å². The lowest BCUT2D eigenvalue weighted by molar-refractivity contribution is -0.132. The number of aromatic hydroxyl groups is 1. The number of nitrogens with zero attached hydrogens (tertiary/aromatic N) is 2. The number of aliphatic hydroxyl groups excluding tert-OH is 1. The molecule has 2 unspecified atom stereocenters. The summed E-state index contributed by atoms with van der Waals surface area (Å²) in [7, 11) is 0. The lowest BCUT2D eigenvalue weighted by atomic mass is 9.82. The second kappa shape index (κ2) is 8.34. The van der Waals surface area contributed by atoms with Gasteiger partial charge in [-0.2, -0.15) is 0 Å². The molecule has 1 aromatic rings. The summed E-state index contributed by atoms with van der Waals surface area (Å²) in [6, 6.07) is 6.95. The van der Waals surface area contributed by atoms with Crippen LogP contribution in [0, 0.1) is 17.3 Å². The normalized spacial score (nSPS) is 26.9. The first kappa shape index (κ1) is 20.2. The lowest BCUT2D eigenvalue weighted by Gasteiger charge is -2.27. The number of carbonyl (C=O) groups is 2. The molecule has 158 valence electrons. The first-order valence-corrected chi connectivity index (χ1v) is 10.9. The minimum atomic E-state index is -0.362. The van der Waals surface area contributed by atoms with E-state index in [4.69, 9.17) is 0 Å². The van der Waals surface area contributed by atoms with Gasteiger partial charge >= 0.3 is 0 Å². The van der Waals surface area contributed by atoms with Gasteiger partial charge < -0.3 is 20.0 Å².